The van der Waals surface area contributed by atoms with Gasteiger partial charge in [-0.1, -0.05) is 0 Å². The van der Waals surface area contributed by atoms with Gasteiger partial charge in [-0.2, -0.15) is 10.4 Å². The molecule has 8 nitrogen and oxygen atoms in total. The van der Waals surface area contributed by atoms with Crippen LogP contribution in [0.1, 0.15) is 15.9 Å². The third-order valence-electron chi connectivity index (χ3n) is 2.62. The van der Waals surface area contributed by atoms with Crippen LogP contribution in [0.5, 0.6) is 0 Å². The number of H-pyrrole nitrogens is 1. The summed E-state index contributed by atoms with van der Waals surface area (Å²) < 4.78 is 0. The Balaban J connectivity index is 2.20. The molecule has 1 amide bonds. The van der Waals surface area contributed by atoms with Crippen LogP contribution in [0.2, 0.25) is 0 Å². The zero-order valence-corrected chi connectivity index (χ0v) is 11.6. The Morgan fingerprint density at radius 1 is 1.48 bits per heavy atom. The molecule has 1 aromatic carbocycles. The van der Waals surface area contributed by atoms with Crippen LogP contribution in [-0.4, -0.2) is 27.3 Å². The van der Waals surface area contributed by atoms with E-state index < -0.39 is 10.8 Å². The quantitative estimate of drug-likeness (QED) is 0.506. The lowest BCUT2D eigenvalue weighted by molar-refractivity contribution is -0.384. The van der Waals surface area contributed by atoms with Crippen LogP contribution >= 0.6 is 11.8 Å². The first kappa shape index (κ1) is 14.5. The lowest BCUT2D eigenvalue weighted by Gasteiger charge is -2.03. The summed E-state index contributed by atoms with van der Waals surface area (Å²) in [7, 11) is 0. The number of nitriles is 1. The van der Waals surface area contributed by atoms with Gasteiger partial charge in [0.05, 0.1) is 4.92 Å². The summed E-state index contributed by atoms with van der Waals surface area (Å²) in [6, 6.07) is 7.11. The van der Waals surface area contributed by atoms with Gasteiger partial charge >= 0.3 is 0 Å². The van der Waals surface area contributed by atoms with E-state index in [4.69, 9.17) is 5.26 Å². The second-order valence-corrected chi connectivity index (χ2v) is 4.65. The van der Waals surface area contributed by atoms with E-state index in [2.05, 4.69) is 15.5 Å². The van der Waals surface area contributed by atoms with Crippen molar-refractivity contribution >= 4 is 29.2 Å². The maximum absolute atomic E-state index is 12.0. The summed E-state index contributed by atoms with van der Waals surface area (Å²) in [5, 5.41) is 29.1. The molecule has 1 heterocycles. The third kappa shape index (κ3) is 3.01. The molecule has 21 heavy (non-hydrogen) atoms. The molecule has 0 saturated carbocycles. The molecular formula is C12H9N5O3S. The molecule has 0 aliphatic rings. The Kier molecular flexibility index (Phi) is 4.20. The first-order valence-electron chi connectivity index (χ1n) is 5.65. The normalized spacial score (nSPS) is 9.90. The Morgan fingerprint density at radius 3 is 2.67 bits per heavy atom. The average molecular weight is 303 g/mol. The number of rotatable bonds is 4. The van der Waals surface area contributed by atoms with Crippen molar-refractivity contribution in [2.75, 3.05) is 11.6 Å². The van der Waals surface area contributed by atoms with E-state index in [1.807, 2.05) is 6.07 Å². The highest BCUT2D eigenvalue weighted by Gasteiger charge is 2.16. The van der Waals surface area contributed by atoms with E-state index in [0.717, 1.165) is 0 Å². The molecule has 0 bridgehead atoms. The number of carbonyl (C=O) groups is 1. The second-order valence-electron chi connectivity index (χ2n) is 3.85. The van der Waals surface area contributed by atoms with Crippen molar-refractivity contribution in [2.24, 2.45) is 0 Å². The Hall–Kier alpha value is -2.86. The van der Waals surface area contributed by atoms with Crippen LogP contribution in [0.3, 0.4) is 0 Å². The van der Waals surface area contributed by atoms with E-state index in [1.165, 1.54) is 36.0 Å². The number of nitrogens with zero attached hydrogens (tertiary/aromatic N) is 3. The van der Waals surface area contributed by atoms with E-state index >= 15 is 0 Å². The van der Waals surface area contributed by atoms with Gasteiger partial charge < -0.3 is 5.32 Å². The zero-order valence-electron chi connectivity index (χ0n) is 10.8. The molecule has 2 N–H and O–H groups in total. The molecule has 0 saturated heterocycles. The molecule has 2 aromatic rings. The summed E-state index contributed by atoms with van der Waals surface area (Å²) >= 11 is 1.28. The summed E-state index contributed by atoms with van der Waals surface area (Å²) in [6.07, 6.45) is 1.76. The number of amides is 1. The smallest absolute Gasteiger partial charge is 0.269 e. The molecule has 2 rings (SSSR count). The number of aromatic amines is 1. The van der Waals surface area contributed by atoms with Crippen molar-refractivity contribution < 1.29 is 9.72 Å². The molecular weight excluding hydrogens is 294 g/mol. The van der Waals surface area contributed by atoms with Crippen molar-refractivity contribution in [2.45, 2.75) is 5.03 Å². The van der Waals surface area contributed by atoms with E-state index in [-0.39, 0.29) is 22.6 Å². The molecule has 0 radical (unpaired) electrons. The van der Waals surface area contributed by atoms with Crippen LogP contribution in [0, 0.1) is 21.4 Å². The summed E-state index contributed by atoms with van der Waals surface area (Å²) in [5.41, 5.74) is 0.387. The fourth-order valence-electron chi connectivity index (χ4n) is 1.59. The number of non-ortho nitro benzene ring substituents is 1. The topological polar surface area (TPSA) is 125 Å². The van der Waals surface area contributed by atoms with Crippen molar-refractivity contribution in [3.8, 4) is 6.07 Å². The van der Waals surface area contributed by atoms with Gasteiger partial charge in [-0.25, -0.2) is 0 Å². The minimum absolute atomic E-state index is 0.101. The number of nitrogens with one attached hydrogen (secondary N) is 2. The molecule has 106 valence electrons. The van der Waals surface area contributed by atoms with Gasteiger partial charge in [0.1, 0.15) is 22.5 Å². The van der Waals surface area contributed by atoms with Crippen molar-refractivity contribution in [1.29, 1.82) is 5.26 Å². The Morgan fingerprint density at radius 2 is 2.14 bits per heavy atom. The Bertz CT molecular complexity index is 732. The maximum atomic E-state index is 12.0. The standard InChI is InChI=1S/C12H9N5O3S/c1-21-12-9(6-13)10(15-16-12)14-11(18)7-2-4-8(5-3-7)17(19)20/h2-5H,1H3,(H2,14,15,16,18). The summed E-state index contributed by atoms with van der Waals surface area (Å²) in [6.45, 7) is 0. The predicted molar refractivity (Wildman–Crippen MR) is 76.1 cm³/mol. The minimum Gasteiger partial charge on any atom is -0.306 e. The second kappa shape index (κ2) is 6.06. The van der Waals surface area contributed by atoms with E-state index in [0.29, 0.717) is 5.03 Å². The number of aromatic nitrogens is 2. The number of nitro groups is 1. The van der Waals surface area contributed by atoms with Crippen molar-refractivity contribution in [1.82, 2.24) is 10.2 Å². The Labute approximate surface area is 123 Å². The van der Waals surface area contributed by atoms with Gasteiger partial charge in [0.25, 0.3) is 11.6 Å². The lowest BCUT2D eigenvalue weighted by atomic mass is 10.2. The molecule has 0 unspecified atom stereocenters. The van der Waals surface area contributed by atoms with Crippen molar-refractivity contribution in [3.05, 3.63) is 45.5 Å². The number of nitro benzene ring substituents is 1. The van der Waals surface area contributed by atoms with Crippen LogP contribution in [-0.2, 0) is 0 Å². The number of hydrogen-bond donors (Lipinski definition) is 2. The maximum Gasteiger partial charge on any atom is 0.269 e. The monoisotopic (exact) mass is 303 g/mol. The molecule has 1 aromatic heterocycles. The zero-order chi connectivity index (χ0) is 15.4. The van der Waals surface area contributed by atoms with Gasteiger partial charge in [-0.05, 0) is 18.4 Å². The van der Waals surface area contributed by atoms with Gasteiger partial charge in [0.2, 0.25) is 0 Å². The summed E-state index contributed by atoms with van der Waals surface area (Å²) in [5.74, 6) is -0.289. The molecule has 0 aliphatic carbocycles. The largest absolute Gasteiger partial charge is 0.306 e. The fourth-order valence-corrected chi connectivity index (χ4v) is 2.08. The predicted octanol–water partition coefficient (Wildman–Crippen LogP) is 2.16. The molecule has 0 aliphatic heterocycles. The number of anilines is 1. The molecule has 9 heteroatoms. The first-order chi connectivity index (χ1) is 10.1. The highest BCUT2D eigenvalue weighted by atomic mass is 32.2. The number of hydrogen-bond acceptors (Lipinski definition) is 6. The number of carbonyl (C=O) groups excluding carboxylic acids is 1. The highest BCUT2D eigenvalue weighted by Crippen LogP contribution is 2.23. The molecule has 0 atom stereocenters. The van der Waals surface area contributed by atoms with Crippen molar-refractivity contribution in [3.63, 3.8) is 0 Å². The average Bonchev–Trinajstić information content (AvgIpc) is 2.89. The van der Waals surface area contributed by atoms with E-state index in [1.54, 1.807) is 6.26 Å². The van der Waals surface area contributed by atoms with Crippen LogP contribution in [0.15, 0.2) is 29.3 Å². The molecule has 0 spiro atoms. The SMILES string of the molecule is CSc1n[nH]c(NC(=O)c2ccc([N+](=O)[O-])cc2)c1C#N. The highest BCUT2D eigenvalue weighted by molar-refractivity contribution is 7.98. The number of thioether (sulfide) groups is 1. The lowest BCUT2D eigenvalue weighted by Crippen LogP contribution is -2.13. The van der Waals surface area contributed by atoms with Crippen LogP contribution in [0.4, 0.5) is 11.5 Å². The minimum atomic E-state index is -0.547. The van der Waals surface area contributed by atoms with Gasteiger partial charge in [-0.15, -0.1) is 11.8 Å². The molecule has 0 fully saturated rings. The summed E-state index contributed by atoms with van der Waals surface area (Å²) in [4.78, 5) is 22.0. The van der Waals surface area contributed by atoms with Gasteiger partial charge in [0, 0.05) is 17.7 Å². The van der Waals surface area contributed by atoms with Crippen LogP contribution in [0.25, 0.3) is 0 Å². The van der Waals surface area contributed by atoms with E-state index in [9.17, 15) is 14.9 Å². The van der Waals surface area contributed by atoms with Gasteiger partial charge in [0.15, 0.2) is 0 Å². The third-order valence-corrected chi connectivity index (χ3v) is 3.30. The van der Waals surface area contributed by atoms with Gasteiger partial charge in [-0.3, -0.25) is 20.0 Å². The number of benzene rings is 1. The van der Waals surface area contributed by atoms with Crippen LogP contribution < -0.4 is 5.32 Å². The first-order valence-corrected chi connectivity index (χ1v) is 6.87. The fraction of sp³-hybridized carbons (Fsp3) is 0.0833.